The van der Waals surface area contributed by atoms with Gasteiger partial charge < -0.3 is 15.5 Å². The first-order valence-electron chi connectivity index (χ1n) is 9.95. The number of hydrogen-bond donors (Lipinski definition) is 2. The van der Waals surface area contributed by atoms with Crippen molar-refractivity contribution in [3.8, 4) is 5.82 Å². The molecule has 2 aliphatic rings. The number of carbonyl (C=O) groups is 2. The maximum Gasteiger partial charge on any atom is 0.254 e. The number of likely N-dealkylation sites (tertiary alicyclic amines) is 1. The Labute approximate surface area is 188 Å². The van der Waals surface area contributed by atoms with Gasteiger partial charge in [-0.1, -0.05) is 0 Å². The third kappa shape index (κ3) is 5.71. The van der Waals surface area contributed by atoms with E-state index in [-0.39, 0.29) is 48.6 Å². The second-order valence-corrected chi connectivity index (χ2v) is 7.53. The first-order valence-corrected chi connectivity index (χ1v) is 9.95. The van der Waals surface area contributed by atoms with Gasteiger partial charge in [-0.05, 0) is 50.3 Å². The Kier molecular flexibility index (Phi) is 9.08. The van der Waals surface area contributed by atoms with Crippen LogP contribution in [0.25, 0.3) is 5.82 Å². The summed E-state index contributed by atoms with van der Waals surface area (Å²) < 4.78 is 1.78. The van der Waals surface area contributed by atoms with Gasteiger partial charge in [0.2, 0.25) is 5.91 Å². The minimum Gasteiger partial charge on any atom is -0.354 e. The molecule has 0 spiro atoms. The van der Waals surface area contributed by atoms with Gasteiger partial charge >= 0.3 is 0 Å². The number of hydrogen-bond acceptors (Lipinski definition) is 5. The Morgan fingerprint density at radius 3 is 2.80 bits per heavy atom. The molecule has 4 rings (SSSR count). The highest BCUT2D eigenvalue weighted by Gasteiger charge is 2.27. The molecule has 30 heavy (non-hydrogen) atoms. The van der Waals surface area contributed by atoms with E-state index in [4.69, 9.17) is 0 Å². The number of halogens is 2. The van der Waals surface area contributed by atoms with Gasteiger partial charge in [-0.15, -0.1) is 24.8 Å². The summed E-state index contributed by atoms with van der Waals surface area (Å²) in [5.41, 5.74) is 0.624. The second kappa shape index (κ2) is 11.3. The van der Waals surface area contributed by atoms with E-state index in [2.05, 4.69) is 20.6 Å². The van der Waals surface area contributed by atoms with Crippen LogP contribution in [-0.4, -0.2) is 63.5 Å². The molecule has 2 unspecified atom stereocenters. The zero-order valence-electron chi connectivity index (χ0n) is 16.7. The fourth-order valence-electron chi connectivity index (χ4n) is 3.96. The van der Waals surface area contributed by atoms with Crippen LogP contribution in [0, 0.1) is 5.92 Å². The highest BCUT2D eigenvalue weighted by atomic mass is 35.5. The smallest absolute Gasteiger partial charge is 0.254 e. The highest BCUT2D eigenvalue weighted by Crippen LogP contribution is 2.19. The number of imidazole rings is 1. The van der Waals surface area contributed by atoms with Gasteiger partial charge in [0, 0.05) is 43.8 Å². The van der Waals surface area contributed by atoms with Crippen LogP contribution in [0.2, 0.25) is 0 Å². The Balaban J connectivity index is 0.00000160. The Bertz CT molecular complexity index is 826. The summed E-state index contributed by atoms with van der Waals surface area (Å²) in [4.78, 5) is 35.4. The van der Waals surface area contributed by atoms with Crippen molar-refractivity contribution >= 4 is 36.6 Å². The molecule has 2 aromatic rings. The zero-order chi connectivity index (χ0) is 19.3. The van der Waals surface area contributed by atoms with E-state index in [9.17, 15) is 9.59 Å². The molecule has 2 saturated heterocycles. The van der Waals surface area contributed by atoms with Crippen LogP contribution in [0.1, 0.15) is 36.0 Å². The summed E-state index contributed by atoms with van der Waals surface area (Å²) in [5.74, 6) is 1.06. The first-order chi connectivity index (χ1) is 13.7. The Morgan fingerprint density at radius 2 is 2.07 bits per heavy atom. The van der Waals surface area contributed by atoms with Crippen LogP contribution in [0.5, 0.6) is 0 Å². The lowest BCUT2D eigenvalue weighted by molar-refractivity contribution is -0.123. The molecule has 0 aromatic carbocycles. The molecular formula is C20H28Cl2N6O2. The summed E-state index contributed by atoms with van der Waals surface area (Å²) >= 11 is 0. The fraction of sp³-hybridized carbons (Fsp3) is 0.500. The average molecular weight is 455 g/mol. The summed E-state index contributed by atoms with van der Waals surface area (Å²) in [5, 5.41) is 6.28. The largest absolute Gasteiger partial charge is 0.354 e. The molecular weight excluding hydrogens is 427 g/mol. The second-order valence-electron chi connectivity index (χ2n) is 7.53. The van der Waals surface area contributed by atoms with Gasteiger partial charge in [-0.3, -0.25) is 14.2 Å². The monoisotopic (exact) mass is 454 g/mol. The van der Waals surface area contributed by atoms with Crippen molar-refractivity contribution < 1.29 is 9.59 Å². The number of rotatable bonds is 5. The van der Waals surface area contributed by atoms with E-state index < -0.39 is 0 Å². The molecule has 2 aromatic heterocycles. The van der Waals surface area contributed by atoms with Crippen molar-refractivity contribution in [1.29, 1.82) is 0 Å². The van der Waals surface area contributed by atoms with Crippen LogP contribution in [-0.2, 0) is 4.79 Å². The van der Waals surface area contributed by atoms with E-state index in [1.165, 1.54) is 0 Å². The minimum atomic E-state index is -0.0558. The molecule has 10 heteroatoms. The van der Waals surface area contributed by atoms with Crippen molar-refractivity contribution in [2.45, 2.75) is 31.7 Å². The first kappa shape index (κ1) is 24.1. The van der Waals surface area contributed by atoms with Crippen LogP contribution < -0.4 is 10.6 Å². The van der Waals surface area contributed by atoms with E-state index in [0.717, 1.165) is 38.8 Å². The molecule has 8 nitrogen and oxygen atoms in total. The van der Waals surface area contributed by atoms with Gasteiger partial charge in [0.1, 0.15) is 12.1 Å². The van der Waals surface area contributed by atoms with E-state index in [0.29, 0.717) is 24.5 Å². The van der Waals surface area contributed by atoms with E-state index in [1.54, 1.807) is 41.6 Å². The van der Waals surface area contributed by atoms with Crippen molar-refractivity contribution in [2.75, 3.05) is 26.2 Å². The topological polar surface area (TPSA) is 92.2 Å². The minimum absolute atomic E-state index is 0. The lowest BCUT2D eigenvalue weighted by atomic mass is 9.97. The average Bonchev–Trinajstić information content (AvgIpc) is 3.46. The number of pyridine rings is 1. The number of piperidine rings is 1. The molecule has 0 saturated carbocycles. The predicted octanol–water partition coefficient (Wildman–Crippen LogP) is 1.83. The molecule has 2 aliphatic heterocycles. The third-order valence-corrected chi connectivity index (χ3v) is 5.51. The van der Waals surface area contributed by atoms with Crippen LogP contribution in [0.3, 0.4) is 0 Å². The number of nitrogens with zero attached hydrogens (tertiary/aromatic N) is 4. The summed E-state index contributed by atoms with van der Waals surface area (Å²) in [6, 6.07) is 3.49. The van der Waals surface area contributed by atoms with Crippen LogP contribution in [0.15, 0.2) is 37.1 Å². The maximum absolute atomic E-state index is 13.0. The van der Waals surface area contributed by atoms with Crippen molar-refractivity contribution in [3.05, 3.63) is 42.6 Å². The molecule has 0 aliphatic carbocycles. The molecule has 0 bridgehead atoms. The lowest BCUT2D eigenvalue weighted by Gasteiger charge is -2.33. The summed E-state index contributed by atoms with van der Waals surface area (Å²) in [6.45, 7) is 2.95. The number of aromatic nitrogens is 3. The van der Waals surface area contributed by atoms with Crippen molar-refractivity contribution in [3.63, 3.8) is 0 Å². The maximum atomic E-state index is 13.0. The normalized spacial score (nSPS) is 20.7. The van der Waals surface area contributed by atoms with E-state index >= 15 is 0 Å². The van der Waals surface area contributed by atoms with Gasteiger partial charge in [0.25, 0.3) is 5.91 Å². The number of nitrogens with one attached hydrogen (secondary N) is 2. The van der Waals surface area contributed by atoms with Gasteiger partial charge in [0.15, 0.2) is 0 Å². The van der Waals surface area contributed by atoms with Crippen LogP contribution >= 0.6 is 24.8 Å². The molecule has 2 atom stereocenters. The quantitative estimate of drug-likeness (QED) is 0.718. The molecule has 2 fully saturated rings. The molecule has 0 radical (unpaired) electrons. The molecule has 2 amide bonds. The van der Waals surface area contributed by atoms with Crippen molar-refractivity contribution in [2.24, 2.45) is 5.92 Å². The Hall–Kier alpha value is -2.16. The molecule has 2 N–H and O–H groups in total. The summed E-state index contributed by atoms with van der Waals surface area (Å²) in [7, 11) is 0. The highest BCUT2D eigenvalue weighted by molar-refractivity contribution is 5.94. The predicted molar refractivity (Wildman–Crippen MR) is 119 cm³/mol. The van der Waals surface area contributed by atoms with Gasteiger partial charge in [-0.2, -0.15) is 0 Å². The van der Waals surface area contributed by atoms with Gasteiger partial charge in [-0.25, -0.2) is 9.97 Å². The van der Waals surface area contributed by atoms with Gasteiger partial charge in [0.05, 0.1) is 6.04 Å². The molecule has 4 heterocycles. The fourth-order valence-corrected chi connectivity index (χ4v) is 3.96. The zero-order valence-corrected chi connectivity index (χ0v) is 18.3. The van der Waals surface area contributed by atoms with Crippen molar-refractivity contribution in [1.82, 2.24) is 30.1 Å². The number of amides is 2. The Morgan fingerprint density at radius 1 is 1.20 bits per heavy atom. The third-order valence-electron chi connectivity index (χ3n) is 5.51. The standard InChI is InChI=1S/C20H26N6O2.2ClH/c27-19(17-4-1-6-22-17)24-12-15-3-2-9-25(13-15)20(28)16-5-7-23-18(11-16)26-10-8-21-14-26;;/h5,7-8,10-11,14-15,17,22H,1-4,6,9,12-13H2,(H,24,27);2*1H. The van der Waals surface area contributed by atoms with Crippen LogP contribution in [0.4, 0.5) is 0 Å². The summed E-state index contributed by atoms with van der Waals surface area (Å²) in [6.07, 6.45) is 10.7. The lowest BCUT2D eigenvalue weighted by Crippen LogP contribution is -2.46. The number of carbonyl (C=O) groups excluding carboxylic acids is 2. The van der Waals surface area contributed by atoms with E-state index in [1.807, 2.05) is 4.90 Å². The SMILES string of the molecule is Cl.Cl.O=C(NCC1CCCN(C(=O)c2ccnc(-n3ccnc3)c2)C1)C1CCCN1. The molecule has 164 valence electrons.